The molecule has 26 heavy (non-hydrogen) atoms. The summed E-state index contributed by atoms with van der Waals surface area (Å²) in [7, 11) is 3.75. The van der Waals surface area contributed by atoms with Crippen LogP contribution >= 0.6 is 11.6 Å². The van der Waals surface area contributed by atoms with Crippen LogP contribution in [0, 0.1) is 0 Å². The summed E-state index contributed by atoms with van der Waals surface area (Å²) < 4.78 is 2.65. The zero-order valence-electron chi connectivity index (χ0n) is 14.3. The lowest BCUT2D eigenvalue weighted by molar-refractivity contribution is 0.376. The fraction of sp³-hybridized carbons (Fsp3) is 0.211. The fourth-order valence-corrected chi connectivity index (χ4v) is 3.59. The second-order valence-corrected chi connectivity index (χ2v) is 6.95. The summed E-state index contributed by atoms with van der Waals surface area (Å²) >= 11 is 6.27. The molecule has 0 saturated heterocycles. The van der Waals surface area contributed by atoms with Gasteiger partial charge in [0.2, 0.25) is 0 Å². The SMILES string of the molecule is CN(C)CCn1c(=O)c2ccc(Cl)c3c(=O)c4ccccc4n(c1=O)c23. The van der Waals surface area contributed by atoms with Gasteiger partial charge in [-0.25, -0.2) is 4.79 Å². The molecule has 6 nitrogen and oxygen atoms in total. The van der Waals surface area contributed by atoms with Gasteiger partial charge in [-0.1, -0.05) is 23.7 Å². The third-order valence-corrected chi connectivity index (χ3v) is 4.95. The van der Waals surface area contributed by atoms with Gasteiger partial charge >= 0.3 is 5.69 Å². The number of fused-ring (bicyclic) bond motifs is 2. The van der Waals surface area contributed by atoms with Crippen LogP contribution in [-0.4, -0.2) is 34.5 Å². The molecule has 0 radical (unpaired) electrons. The van der Waals surface area contributed by atoms with Crippen LogP contribution < -0.4 is 16.7 Å². The molecular formula is C19H16ClN3O3. The van der Waals surface area contributed by atoms with Crippen LogP contribution in [0.15, 0.2) is 50.8 Å². The fourth-order valence-electron chi connectivity index (χ4n) is 3.35. The van der Waals surface area contributed by atoms with Gasteiger partial charge in [-0.3, -0.25) is 18.6 Å². The number of halogens is 1. The standard InChI is InChI=1S/C19H16ClN3O3/c1-21(2)9-10-22-18(25)12-7-8-13(20)15-16(12)23(19(22)26)14-6-4-3-5-11(14)17(15)24/h3-8H,9-10H2,1-2H3. The first-order valence-corrected chi connectivity index (χ1v) is 8.56. The van der Waals surface area contributed by atoms with E-state index in [0.717, 1.165) is 0 Å². The molecule has 4 aromatic rings. The average molecular weight is 370 g/mol. The van der Waals surface area contributed by atoms with E-state index < -0.39 is 11.2 Å². The molecular weight excluding hydrogens is 354 g/mol. The van der Waals surface area contributed by atoms with Crippen molar-refractivity contribution < 1.29 is 0 Å². The quantitative estimate of drug-likeness (QED) is 0.408. The van der Waals surface area contributed by atoms with Crippen molar-refractivity contribution in [3.8, 4) is 0 Å². The number of rotatable bonds is 3. The Morgan fingerprint density at radius 1 is 1.00 bits per heavy atom. The lowest BCUT2D eigenvalue weighted by atomic mass is 10.1. The van der Waals surface area contributed by atoms with Crippen molar-refractivity contribution >= 4 is 38.8 Å². The second-order valence-electron chi connectivity index (χ2n) is 6.54. The van der Waals surface area contributed by atoms with E-state index in [1.165, 1.54) is 15.0 Å². The molecule has 2 heterocycles. The van der Waals surface area contributed by atoms with Gasteiger partial charge in [0.25, 0.3) is 5.56 Å². The third-order valence-electron chi connectivity index (χ3n) is 4.64. The summed E-state index contributed by atoms with van der Waals surface area (Å²) in [5.41, 5.74) is -0.389. The minimum atomic E-state index is -0.465. The highest BCUT2D eigenvalue weighted by Gasteiger charge is 2.20. The molecule has 0 bridgehead atoms. The maximum atomic E-state index is 13.2. The molecule has 0 atom stereocenters. The summed E-state index contributed by atoms with van der Waals surface area (Å²) in [6.45, 7) is 0.802. The summed E-state index contributed by atoms with van der Waals surface area (Å²) in [4.78, 5) is 40.9. The molecule has 0 aliphatic carbocycles. The minimum Gasteiger partial charge on any atom is -0.308 e. The van der Waals surface area contributed by atoms with Gasteiger partial charge in [0.05, 0.1) is 26.8 Å². The highest BCUT2D eigenvalue weighted by molar-refractivity contribution is 6.36. The van der Waals surface area contributed by atoms with Crippen LogP contribution in [0.25, 0.3) is 27.2 Å². The van der Waals surface area contributed by atoms with Gasteiger partial charge in [0.15, 0.2) is 5.43 Å². The van der Waals surface area contributed by atoms with Gasteiger partial charge in [0, 0.05) is 18.5 Å². The molecule has 0 spiro atoms. The van der Waals surface area contributed by atoms with Crippen LogP contribution in [0.2, 0.25) is 5.02 Å². The zero-order chi connectivity index (χ0) is 18.6. The van der Waals surface area contributed by atoms with Crippen LogP contribution in [0.5, 0.6) is 0 Å². The first kappa shape index (κ1) is 16.8. The molecule has 7 heteroatoms. The van der Waals surface area contributed by atoms with E-state index >= 15 is 0 Å². The number of hydrogen-bond donors (Lipinski definition) is 0. The monoisotopic (exact) mass is 369 g/mol. The van der Waals surface area contributed by atoms with Gasteiger partial charge in [-0.05, 0) is 38.4 Å². The van der Waals surface area contributed by atoms with Gasteiger partial charge in [-0.15, -0.1) is 0 Å². The van der Waals surface area contributed by atoms with E-state index in [4.69, 9.17) is 11.6 Å². The van der Waals surface area contributed by atoms with E-state index in [0.29, 0.717) is 22.8 Å². The number of hydrogen-bond acceptors (Lipinski definition) is 4. The normalized spacial score (nSPS) is 12.0. The molecule has 4 rings (SSSR count). The van der Waals surface area contributed by atoms with Crippen molar-refractivity contribution in [3.63, 3.8) is 0 Å². The Morgan fingerprint density at radius 2 is 1.73 bits per heavy atom. The summed E-state index contributed by atoms with van der Waals surface area (Å²) in [5, 5.41) is 1.15. The van der Waals surface area contributed by atoms with Crippen molar-refractivity contribution in [1.29, 1.82) is 0 Å². The number of para-hydroxylation sites is 1. The third kappa shape index (κ3) is 2.26. The zero-order valence-corrected chi connectivity index (χ0v) is 15.1. The second kappa shape index (κ2) is 5.93. The van der Waals surface area contributed by atoms with Crippen molar-refractivity contribution in [3.05, 3.63) is 72.5 Å². The highest BCUT2D eigenvalue weighted by Crippen LogP contribution is 2.25. The first-order chi connectivity index (χ1) is 12.4. The van der Waals surface area contributed by atoms with Crippen LogP contribution in [0.4, 0.5) is 0 Å². The Kier molecular flexibility index (Phi) is 3.82. The molecule has 0 unspecified atom stereocenters. The molecule has 0 amide bonds. The van der Waals surface area contributed by atoms with Gasteiger partial charge in [0.1, 0.15) is 0 Å². The van der Waals surface area contributed by atoms with Gasteiger partial charge < -0.3 is 4.90 Å². The van der Waals surface area contributed by atoms with Crippen LogP contribution in [0.1, 0.15) is 0 Å². The summed E-state index contributed by atoms with van der Waals surface area (Å²) in [6, 6.07) is 9.98. The molecule has 132 valence electrons. The van der Waals surface area contributed by atoms with Crippen LogP contribution in [0.3, 0.4) is 0 Å². The molecule has 0 aliphatic heterocycles. The van der Waals surface area contributed by atoms with E-state index in [-0.39, 0.29) is 27.9 Å². The smallest absolute Gasteiger partial charge is 0.308 e. The molecule has 0 N–H and O–H groups in total. The Bertz CT molecular complexity index is 1340. The van der Waals surface area contributed by atoms with E-state index in [1.54, 1.807) is 30.3 Å². The molecule has 2 aromatic heterocycles. The largest absolute Gasteiger partial charge is 0.336 e. The Balaban J connectivity index is 2.32. The predicted octanol–water partition coefficient (Wildman–Crippen LogP) is 1.78. The minimum absolute atomic E-state index is 0.205. The van der Waals surface area contributed by atoms with Gasteiger partial charge in [-0.2, -0.15) is 0 Å². The maximum Gasteiger partial charge on any atom is 0.336 e. The molecule has 2 aromatic carbocycles. The van der Waals surface area contributed by atoms with E-state index in [2.05, 4.69) is 0 Å². The summed E-state index contributed by atoms with van der Waals surface area (Å²) in [6.07, 6.45) is 0. The number of pyridine rings is 1. The Labute approximate surface area is 152 Å². The number of benzene rings is 2. The molecule has 0 saturated carbocycles. The number of aromatic nitrogens is 2. The van der Waals surface area contributed by atoms with Crippen molar-refractivity contribution in [2.75, 3.05) is 20.6 Å². The highest BCUT2D eigenvalue weighted by atomic mass is 35.5. The predicted molar refractivity (Wildman–Crippen MR) is 104 cm³/mol. The summed E-state index contributed by atoms with van der Waals surface area (Å²) in [5.74, 6) is 0. The number of likely N-dealkylation sites (N-methyl/N-ethyl adjacent to an activating group) is 1. The Hall–Kier alpha value is -2.70. The topological polar surface area (TPSA) is 63.8 Å². The van der Waals surface area contributed by atoms with E-state index in [9.17, 15) is 14.4 Å². The maximum absolute atomic E-state index is 13.2. The lowest BCUT2D eigenvalue weighted by Gasteiger charge is -2.15. The average Bonchev–Trinajstić information content (AvgIpc) is 2.61. The molecule has 0 fully saturated rings. The molecule has 0 aliphatic rings. The van der Waals surface area contributed by atoms with Crippen LogP contribution in [-0.2, 0) is 6.54 Å². The van der Waals surface area contributed by atoms with Crippen molar-refractivity contribution in [2.24, 2.45) is 0 Å². The first-order valence-electron chi connectivity index (χ1n) is 8.18. The van der Waals surface area contributed by atoms with Crippen molar-refractivity contribution in [2.45, 2.75) is 6.54 Å². The van der Waals surface area contributed by atoms with Crippen molar-refractivity contribution in [1.82, 2.24) is 13.9 Å². The lowest BCUT2D eigenvalue weighted by Crippen LogP contribution is -2.40. The Morgan fingerprint density at radius 3 is 2.46 bits per heavy atom. The van der Waals surface area contributed by atoms with E-state index in [1.807, 2.05) is 19.0 Å². The number of nitrogens with zero attached hydrogens (tertiary/aromatic N) is 3.